The highest BCUT2D eigenvalue weighted by molar-refractivity contribution is 5.93. The van der Waals surface area contributed by atoms with Gasteiger partial charge in [-0.3, -0.25) is 9.59 Å². The zero-order chi connectivity index (χ0) is 16.4. The number of aryl methyl sites for hydroxylation is 2. The van der Waals surface area contributed by atoms with E-state index in [0.717, 1.165) is 44.2 Å². The Hall–Kier alpha value is -1.84. The smallest absolute Gasteiger partial charge is 0.227 e. The molecule has 0 spiro atoms. The molecule has 23 heavy (non-hydrogen) atoms. The summed E-state index contributed by atoms with van der Waals surface area (Å²) in [5.74, 6) is 0.415. The first-order valence-electron chi connectivity index (χ1n) is 8.71. The topological polar surface area (TPSA) is 58.2 Å². The minimum absolute atomic E-state index is 0.0292. The van der Waals surface area contributed by atoms with Crippen molar-refractivity contribution in [3.8, 4) is 0 Å². The molecule has 0 radical (unpaired) electrons. The minimum Gasteiger partial charge on any atom is -0.353 e. The van der Waals surface area contributed by atoms with Gasteiger partial charge in [0, 0.05) is 23.6 Å². The van der Waals surface area contributed by atoms with Crippen LogP contribution in [0.4, 0.5) is 5.69 Å². The number of nitrogens with one attached hydrogen (secondary N) is 2. The zero-order valence-corrected chi connectivity index (χ0v) is 14.0. The van der Waals surface area contributed by atoms with Crippen molar-refractivity contribution < 1.29 is 9.59 Å². The van der Waals surface area contributed by atoms with Crippen LogP contribution in [0.5, 0.6) is 0 Å². The van der Waals surface area contributed by atoms with Crippen molar-refractivity contribution in [2.75, 3.05) is 5.32 Å². The van der Waals surface area contributed by atoms with Crippen molar-refractivity contribution in [2.45, 2.75) is 58.4 Å². The van der Waals surface area contributed by atoms with E-state index in [0.29, 0.717) is 6.04 Å². The molecule has 1 aromatic rings. The molecule has 2 aliphatic rings. The van der Waals surface area contributed by atoms with E-state index in [4.69, 9.17) is 0 Å². The summed E-state index contributed by atoms with van der Waals surface area (Å²) in [6.07, 6.45) is 5.50. The van der Waals surface area contributed by atoms with Gasteiger partial charge < -0.3 is 10.6 Å². The van der Waals surface area contributed by atoms with E-state index in [1.165, 1.54) is 11.1 Å². The quantitative estimate of drug-likeness (QED) is 0.895. The standard InChI is InChI=1S/C19H26N2O2/c1-12-3-8-17(11-13(12)2)21-19(23)15-6-4-14(5-7-15)18(22)20-16-9-10-16/h3,8,11,14-16H,4-7,9-10H2,1-2H3,(H,20,22)(H,21,23). The van der Waals surface area contributed by atoms with Crippen molar-refractivity contribution in [3.63, 3.8) is 0 Å². The highest BCUT2D eigenvalue weighted by Gasteiger charge is 2.32. The van der Waals surface area contributed by atoms with Gasteiger partial charge in [-0.15, -0.1) is 0 Å². The first-order valence-corrected chi connectivity index (χ1v) is 8.71. The summed E-state index contributed by atoms with van der Waals surface area (Å²) in [6, 6.07) is 6.43. The molecule has 124 valence electrons. The second kappa shape index (κ2) is 6.73. The third-order valence-electron chi connectivity index (χ3n) is 5.17. The third-order valence-corrected chi connectivity index (χ3v) is 5.17. The van der Waals surface area contributed by atoms with E-state index < -0.39 is 0 Å². The van der Waals surface area contributed by atoms with E-state index in [1.54, 1.807) is 0 Å². The lowest BCUT2D eigenvalue weighted by Crippen LogP contribution is -2.36. The number of carbonyl (C=O) groups is 2. The molecule has 3 rings (SSSR count). The first kappa shape index (κ1) is 16.0. The van der Waals surface area contributed by atoms with Crippen LogP contribution in [0.25, 0.3) is 0 Å². The minimum atomic E-state index is 0.0292. The molecule has 2 saturated carbocycles. The molecule has 0 saturated heterocycles. The Morgan fingerprint density at radius 1 is 0.870 bits per heavy atom. The second-order valence-electron chi connectivity index (χ2n) is 7.12. The fraction of sp³-hybridized carbons (Fsp3) is 0.579. The number of hydrogen-bond donors (Lipinski definition) is 2. The monoisotopic (exact) mass is 314 g/mol. The molecule has 2 fully saturated rings. The lowest BCUT2D eigenvalue weighted by molar-refractivity contribution is -0.128. The Bertz CT molecular complexity index is 599. The highest BCUT2D eigenvalue weighted by Crippen LogP contribution is 2.31. The molecule has 0 aliphatic heterocycles. The fourth-order valence-corrected chi connectivity index (χ4v) is 3.23. The van der Waals surface area contributed by atoms with E-state index in [1.807, 2.05) is 18.2 Å². The summed E-state index contributed by atoms with van der Waals surface area (Å²) >= 11 is 0. The van der Waals surface area contributed by atoms with Crippen molar-refractivity contribution >= 4 is 17.5 Å². The number of benzene rings is 1. The van der Waals surface area contributed by atoms with Crippen LogP contribution in [-0.2, 0) is 9.59 Å². The molecular formula is C19H26N2O2. The first-order chi connectivity index (χ1) is 11.0. The summed E-state index contributed by atoms with van der Waals surface area (Å²) < 4.78 is 0. The molecule has 0 atom stereocenters. The number of carbonyl (C=O) groups excluding carboxylic acids is 2. The van der Waals surface area contributed by atoms with Gasteiger partial charge >= 0.3 is 0 Å². The van der Waals surface area contributed by atoms with Crippen LogP contribution in [0, 0.1) is 25.7 Å². The van der Waals surface area contributed by atoms with Crippen LogP contribution in [0.2, 0.25) is 0 Å². The van der Waals surface area contributed by atoms with E-state index >= 15 is 0 Å². The summed E-state index contributed by atoms with van der Waals surface area (Å²) in [4.78, 5) is 24.5. The summed E-state index contributed by atoms with van der Waals surface area (Å²) in [7, 11) is 0. The second-order valence-corrected chi connectivity index (χ2v) is 7.12. The molecule has 1 aromatic carbocycles. The van der Waals surface area contributed by atoms with Crippen molar-refractivity contribution in [3.05, 3.63) is 29.3 Å². The van der Waals surface area contributed by atoms with Gasteiger partial charge in [0.25, 0.3) is 0 Å². The van der Waals surface area contributed by atoms with Crippen molar-refractivity contribution in [1.82, 2.24) is 5.32 Å². The summed E-state index contributed by atoms with van der Waals surface area (Å²) in [6.45, 7) is 4.11. The molecule has 4 heteroatoms. The molecule has 4 nitrogen and oxygen atoms in total. The molecule has 2 amide bonds. The fourth-order valence-electron chi connectivity index (χ4n) is 3.23. The predicted molar refractivity (Wildman–Crippen MR) is 91.2 cm³/mol. The Balaban J connectivity index is 1.49. The van der Waals surface area contributed by atoms with E-state index in [9.17, 15) is 9.59 Å². The van der Waals surface area contributed by atoms with Crippen LogP contribution >= 0.6 is 0 Å². The van der Waals surface area contributed by atoms with Gasteiger partial charge in [0.05, 0.1) is 0 Å². The molecule has 2 N–H and O–H groups in total. The lowest BCUT2D eigenvalue weighted by atomic mass is 9.81. The Kier molecular flexibility index (Phi) is 4.69. The number of rotatable bonds is 4. The molecule has 0 aromatic heterocycles. The van der Waals surface area contributed by atoms with Crippen molar-refractivity contribution in [2.24, 2.45) is 11.8 Å². The third kappa shape index (κ3) is 4.12. The molecule has 0 unspecified atom stereocenters. The molecular weight excluding hydrogens is 288 g/mol. The Morgan fingerprint density at radius 3 is 2.04 bits per heavy atom. The van der Waals surface area contributed by atoms with Crippen molar-refractivity contribution in [1.29, 1.82) is 0 Å². The number of amides is 2. The zero-order valence-electron chi connectivity index (χ0n) is 14.0. The Morgan fingerprint density at radius 2 is 1.48 bits per heavy atom. The number of hydrogen-bond acceptors (Lipinski definition) is 2. The predicted octanol–water partition coefficient (Wildman–Crippen LogP) is 3.33. The van der Waals surface area contributed by atoms with Crippen LogP contribution in [0.1, 0.15) is 49.7 Å². The largest absolute Gasteiger partial charge is 0.353 e. The van der Waals surface area contributed by atoms with Gasteiger partial charge in [0.1, 0.15) is 0 Å². The van der Waals surface area contributed by atoms with Gasteiger partial charge in [-0.2, -0.15) is 0 Å². The van der Waals surface area contributed by atoms with Crippen LogP contribution in [0.15, 0.2) is 18.2 Å². The SMILES string of the molecule is Cc1ccc(NC(=O)C2CCC(C(=O)NC3CC3)CC2)cc1C. The van der Waals surface area contributed by atoms with Crippen LogP contribution in [0.3, 0.4) is 0 Å². The number of anilines is 1. The van der Waals surface area contributed by atoms with Gasteiger partial charge in [-0.05, 0) is 75.6 Å². The normalized spacial score (nSPS) is 24.1. The lowest BCUT2D eigenvalue weighted by Gasteiger charge is -2.27. The van der Waals surface area contributed by atoms with Crippen LogP contribution < -0.4 is 10.6 Å². The highest BCUT2D eigenvalue weighted by atomic mass is 16.2. The maximum absolute atomic E-state index is 12.4. The summed E-state index contributed by atoms with van der Waals surface area (Å²) in [5.41, 5.74) is 3.28. The average molecular weight is 314 g/mol. The maximum Gasteiger partial charge on any atom is 0.227 e. The van der Waals surface area contributed by atoms with Gasteiger partial charge in [-0.1, -0.05) is 6.07 Å². The van der Waals surface area contributed by atoms with Gasteiger partial charge in [0.15, 0.2) is 0 Å². The van der Waals surface area contributed by atoms with E-state index in [2.05, 4.69) is 24.5 Å². The molecule has 2 aliphatic carbocycles. The van der Waals surface area contributed by atoms with Gasteiger partial charge in [-0.25, -0.2) is 0 Å². The molecule has 0 heterocycles. The average Bonchev–Trinajstić information content (AvgIpc) is 3.35. The van der Waals surface area contributed by atoms with Gasteiger partial charge in [0.2, 0.25) is 11.8 Å². The maximum atomic E-state index is 12.4. The summed E-state index contributed by atoms with van der Waals surface area (Å²) in [5, 5.41) is 6.11. The van der Waals surface area contributed by atoms with E-state index in [-0.39, 0.29) is 23.7 Å². The Labute approximate surface area is 138 Å². The van der Waals surface area contributed by atoms with Crippen LogP contribution in [-0.4, -0.2) is 17.9 Å². The molecule has 0 bridgehead atoms.